The zero-order chi connectivity index (χ0) is 12.4. The highest BCUT2D eigenvalue weighted by atomic mass is 16.7. The van der Waals surface area contributed by atoms with E-state index in [-0.39, 0.29) is 5.97 Å². The summed E-state index contributed by atoms with van der Waals surface area (Å²) >= 11 is 0. The van der Waals surface area contributed by atoms with Crippen LogP contribution >= 0.6 is 0 Å². The molecule has 0 aliphatic carbocycles. The molecule has 0 spiro atoms. The molecule has 6 heteroatoms. The lowest BCUT2D eigenvalue weighted by molar-refractivity contribution is -0.151. The lowest BCUT2D eigenvalue weighted by Gasteiger charge is -2.27. The van der Waals surface area contributed by atoms with Crippen molar-refractivity contribution in [1.82, 2.24) is 10.5 Å². The molecule has 0 fully saturated rings. The van der Waals surface area contributed by atoms with Crippen LogP contribution in [-0.4, -0.2) is 43.7 Å². The number of nitrogens with two attached hydrogens (primary N) is 1. The van der Waals surface area contributed by atoms with E-state index in [1.807, 2.05) is 5.59 Å². The molecular formula is C10H23N3O3. The van der Waals surface area contributed by atoms with Crippen LogP contribution in [-0.2, 0) is 14.4 Å². The average molecular weight is 233 g/mol. The molecule has 0 rings (SSSR count). The summed E-state index contributed by atoms with van der Waals surface area (Å²) in [6, 6.07) is 0.425. The topological polar surface area (TPSA) is 76.8 Å². The first-order chi connectivity index (χ1) is 7.65. The van der Waals surface area contributed by atoms with Crippen LogP contribution in [0.3, 0.4) is 0 Å². The zero-order valence-corrected chi connectivity index (χ0v) is 10.4. The predicted molar refractivity (Wildman–Crippen MR) is 61.2 cm³/mol. The van der Waals surface area contributed by atoms with Gasteiger partial charge in [0.05, 0.1) is 13.0 Å². The largest absolute Gasteiger partial charge is 0.383 e. The molecule has 0 saturated heterocycles. The van der Waals surface area contributed by atoms with Crippen molar-refractivity contribution in [2.45, 2.75) is 32.7 Å². The van der Waals surface area contributed by atoms with Crippen molar-refractivity contribution in [3.05, 3.63) is 0 Å². The van der Waals surface area contributed by atoms with E-state index in [4.69, 9.17) is 10.6 Å². The van der Waals surface area contributed by atoms with Gasteiger partial charge in [0.25, 0.3) is 0 Å². The molecule has 1 atom stereocenters. The van der Waals surface area contributed by atoms with Crippen LogP contribution in [0.4, 0.5) is 0 Å². The second-order valence-corrected chi connectivity index (χ2v) is 3.63. The second-order valence-electron chi connectivity index (χ2n) is 3.63. The monoisotopic (exact) mass is 233 g/mol. The fraction of sp³-hybridized carbons (Fsp3) is 0.900. The van der Waals surface area contributed by atoms with E-state index >= 15 is 0 Å². The maximum Gasteiger partial charge on any atom is 0.327 e. The van der Waals surface area contributed by atoms with Gasteiger partial charge in [-0.3, -0.25) is 9.69 Å². The summed E-state index contributed by atoms with van der Waals surface area (Å²) in [5.74, 6) is 4.52. The number of methoxy groups -OCH3 is 1. The van der Waals surface area contributed by atoms with E-state index in [0.717, 1.165) is 13.0 Å². The van der Waals surface area contributed by atoms with Gasteiger partial charge in [0, 0.05) is 26.2 Å². The Morgan fingerprint density at radius 3 is 2.69 bits per heavy atom. The van der Waals surface area contributed by atoms with Gasteiger partial charge in [0.2, 0.25) is 0 Å². The normalized spacial score (nSPS) is 12.8. The number of ether oxygens (including phenoxy) is 1. The lowest BCUT2D eigenvalue weighted by Crippen LogP contribution is -2.38. The van der Waals surface area contributed by atoms with Crippen LogP contribution in [0, 0.1) is 0 Å². The fourth-order valence-corrected chi connectivity index (χ4v) is 1.37. The third-order valence-corrected chi connectivity index (χ3v) is 2.57. The summed E-state index contributed by atoms with van der Waals surface area (Å²) in [6.07, 6.45) is 1.35. The van der Waals surface area contributed by atoms with Crippen molar-refractivity contribution in [2.75, 3.05) is 26.8 Å². The maximum atomic E-state index is 11.1. The number of hydrazine groups is 1. The van der Waals surface area contributed by atoms with Gasteiger partial charge in [-0.1, -0.05) is 12.5 Å². The van der Waals surface area contributed by atoms with E-state index < -0.39 is 0 Å². The van der Waals surface area contributed by atoms with Gasteiger partial charge in [-0.05, 0) is 13.3 Å². The smallest absolute Gasteiger partial charge is 0.327 e. The first-order valence-corrected chi connectivity index (χ1v) is 5.53. The molecule has 3 N–H and O–H groups in total. The van der Waals surface area contributed by atoms with Gasteiger partial charge in [-0.25, -0.2) is 5.84 Å². The molecule has 0 aromatic carbocycles. The van der Waals surface area contributed by atoms with Crippen LogP contribution in [0.15, 0.2) is 0 Å². The Labute approximate surface area is 97.0 Å². The Morgan fingerprint density at radius 2 is 2.19 bits per heavy atom. The van der Waals surface area contributed by atoms with Crippen LogP contribution < -0.4 is 11.4 Å². The predicted octanol–water partition coefficient (Wildman–Crippen LogP) is 0.0449. The van der Waals surface area contributed by atoms with E-state index in [0.29, 0.717) is 25.6 Å². The van der Waals surface area contributed by atoms with Crippen LogP contribution in [0.25, 0.3) is 0 Å². The third kappa shape index (κ3) is 6.73. The van der Waals surface area contributed by atoms with Crippen LogP contribution in [0.5, 0.6) is 0 Å². The molecule has 0 radical (unpaired) electrons. The van der Waals surface area contributed by atoms with E-state index in [1.54, 1.807) is 7.11 Å². The molecular weight excluding hydrogens is 210 g/mol. The first-order valence-electron chi connectivity index (χ1n) is 5.53. The lowest BCUT2D eigenvalue weighted by atomic mass is 10.2. The summed E-state index contributed by atoms with van der Waals surface area (Å²) in [6.45, 7) is 6.37. The summed E-state index contributed by atoms with van der Waals surface area (Å²) < 4.78 is 5.03. The van der Waals surface area contributed by atoms with Crippen LogP contribution in [0.2, 0.25) is 0 Å². The standard InChI is InChI=1S/C10H23N3O3/c1-4-9(2)13(7-8-15-3)6-5-10(14)16-12-11/h9,12H,4-8,11H2,1-3H3. The number of hydrogen-bond acceptors (Lipinski definition) is 6. The average Bonchev–Trinajstić information content (AvgIpc) is 2.28. The second kappa shape index (κ2) is 9.53. The molecule has 0 amide bonds. The number of hydrogen-bond donors (Lipinski definition) is 2. The van der Waals surface area contributed by atoms with Gasteiger partial charge in [-0.2, -0.15) is 0 Å². The molecule has 0 heterocycles. The van der Waals surface area contributed by atoms with Gasteiger partial charge >= 0.3 is 5.97 Å². The molecule has 0 aromatic heterocycles. The van der Waals surface area contributed by atoms with Crippen molar-refractivity contribution < 1.29 is 14.4 Å². The molecule has 0 aliphatic rings. The molecule has 0 saturated carbocycles. The molecule has 0 aliphatic heterocycles. The molecule has 16 heavy (non-hydrogen) atoms. The maximum absolute atomic E-state index is 11.1. The highest BCUT2D eigenvalue weighted by molar-refractivity contribution is 5.69. The van der Waals surface area contributed by atoms with E-state index in [2.05, 4.69) is 23.6 Å². The number of carbonyl (C=O) groups is 1. The summed E-state index contributed by atoms with van der Waals surface area (Å²) in [5, 5.41) is 0. The highest BCUT2D eigenvalue weighted by Crippen LogP contribution is 2.04. The number of rotatable bonds is 9. The van der Waals surface area contributed by atoms with Gasteiger partial charge < -0.3 is 9.57 Å². The van der Waals surface area contributed by atoms with Crippen molar-refractivity contribution in [2.24, 2.45) is 5.84 Å². The summed E-state index contributed by atoms with van der Waals surface area (Å²) in [5.41, 5.74) is 1.88. The summed E-state index contributed by atoms with van der Waals surface area (Å²) in [4.78, 5) is 17.7. The molecule has 0 bridgehead atoms. The number of nitrogens with zero attached hydrogens (tertiary/aromatic N) is 1. The zero-order valence-electron chi connectivity index (χ0n) is 10.4. The molecule has 6 nitrogen and oxygen atoms in total. The Bertz CT molecular complexity index is 190. The first kappa shape index (κ1) is 15.3. The third-order valence-electron chi connectivity index (χ3n) is 2.57. The fourth-order valence-electron chi connectivity index (χ4n) is 1.37. The van der Waals surface area contributed by atoms with Gasteiger partial charge in [0.15, 0.2) is 0 Å². The molecule has 0 aromatic rings. The van der Waals surface area contributed by atoms with Gasteiger partial charge in [-0.15, -0.1) is 0 Å². The van der Waals surface area contributed by atoms with Crippen molar-refractivity contribution >= 4 is 5.97 Å². The van der Waals surface area contributed by atoms with Crippen molar-refractivity contribution in [3.8, 4) is 0 Å². The Balaban J connectivity index is 3.95. The number of nitrogens with one attached hydrogen (secondary N) is 1. The Morgan fingerprint density at radius 1 is 1.50 bits per heavy atom. The van der Waals surface area contributed by atoms with Crippen LogP contribution in [0.1, 0.15) is 26.7 Å². The quantitative estimate of drug-likeness (QED) is 0.433. The number of carbonyl (C=O) groups excluding carboxylic acids is 1. The van der Waals surface area contributed by atoms with Crippen molar-refractivity contribution in [1.29, 1.82) is 0 Å². The minimum absolute atomic E-state index is 0.318. The van der Waals surface area contributed by atoms with E-state index in [9.17, 15) is 4.79 Å². The van der Waals surface area contributed by atoms with Gasteiger partial charge in [0.1, 0.15) is 0 Å². The summed E-state index contributed by atoms with van der Waals surface area (Å²) in [7, 11) is 1.67. The minimum Gasteiger partial charge on any atom is -0.383 e. The highest BCUT2D eigenvalue weighted by Gasteiger charge is 2.13. The Hall–Kier alpha value is -0.690. The molecule has 1 unspecified atom stereocenters. The Kier molecular flexibility index (Phi) is 9.12. The minimum atomic E-state index is -0.354. The van der Waals surface area contributed by atoms with E-state index in [1.165, 1.54) is 0 Å². The molecule has 96 valence electrons. The van der Waals surface area contributed by atoms with Crippen molar-refractivity contribution in [3.63, 3.8) is 0 Å². The SMILES string of the molecule is CCC(C)N(CCOC)CCC(=O)ONN.